The number of nitrogens with two attached hydrogens (primary N) is 1. The Balaban J connectivity index is 1.86. The van der Waals surface area contributed by atoms with E-state index in [4.69, 9.17) is 10.5 Å². The van der Waals surface area contributed by atoms with Crippen molar-refractivity contribution in [1.82, 2.24) is 5.32 Å². The summed E-state index contributed by atoms with van der Waals surface area (Å²) in [6.45, 7) is 0.198. The van der Waals surface area contributed by atoms with Crippen LogP contribution in [0, 0.1) is 5.82 Å². The van der Waals surface area contributed by atoms with Crippen molar-refractivity contribution in [2.75, 3.05) is 13.7 Å². The molecule has 0 bridgehead atoms. The van der Waals surface area contributed by atoms with Crippen molar-refractivity contribution < 1.29 is 13.9 Å². The summed E-state index contributed by atoms with van der Waals surface area (Å²) in [5.41, 5.74) is 6.53. The number of rotatable bonds is 5. The van der Waals surface area contributed by atoms with E-state index in [1.165, 1.54) is 19.2 Å². The Kier molecular flexibility index (Phi) is 3.93. The van der Waals surface area contributed by atoms with E-state index in [1.807, 2.05) is 6.07 Å². The van der Waals surface area contributed by atoms with Crippen LogP contribution < -0.4 is 11.1 Å². The van der Waals surface area contributed by atoms with E-state index in [1.54, 1.807) is 6.07 Å². The van der Waals surface area contributed by atoms with Crippen LogP contribution in [0.15, 0.2) is 24.3 Å². The molecule has 1 aromatic rings. The minimum absolute atomic E-state index is 0.0576. The summed E-state index contributed by atoms with van der Waals surface area (Å²) >= 11 is 0. The Hall–Kier alpha value is -1.46. The third-order valence-electron chi connectivity index (χ3n) is 3.08. The molecule has 2 rings (SSSR count). The molecule has 1 fully saturated rings. The van der Waals surface area contributed by atoms with E-state index in [0.717, 1.165) is 12.0 Å². The zero-order valence-corrected chi connectivity index (χ0v) is 10.2. The third-order valence-corrected chi connectivity index (χ3v) is 3.08. The van der Waals surface area contributed by atoms with E-state index >= 15 is 0 Å². The van der Waals surface area contributed by atoms with E-state index in [9.17, 15) is 9.18 Å². The molecule has 3 unspecified atom stereocenters. The number of amides is 1. The topological polar surface area (TPSA) is 64.3 Å². The smallest absolute Gasteiger partial charge is 0.239 e. The summed E-state index contributed by atoms with van der Waals surface area (Å²) in [6.07, 6.45) is 0.828. The maximum atomic E-state index is 13.0. The minimum Gasteiger partial charge on any atom is -0.383 e. The van der Waals surface area contributed by atoms with Gasteiger partial charge in [0.1, 0.15) is 11.9 Å². The maximum absolute atomic E-state index is 13.0. The molecule has 0 spiro atoms. The summed E-state index contributed by atoms with van der Waals surface area (Å²) < 4.78 is 17.9. The van der Waals surface area contributed by atoms with Crippen molar-refractivity contribution in [3.63, 3.8) is 0 Å². The van der Waals surface area contributed by atoms with Gasteiger partial charge in [0, 0.05) is 19.1 Å². The molecular formula is C13H17FN2O2. The zero-order valence-electron chi connectivity index (χ0n) is 10.2. The van der Waals surface area contributed by atoms with Gasteiger partial charge < -0.3 is 15.8 Å². The van der Waals surface area contributed by atoms with Gasteiger partial charge in [0.05, 0.1) is 6.61 Å². The summed E-state index contributed by atoms with van der Waals surface area (Å²) in [4.78, 5) is 11.6. The quantitative estimate of drug-likeness (QED) is 0.813. The Morgan fingerprint density at radius 1 is 1.67 bits per heavy atom. The lowest BCUT2D eigenvalue weighted by molar-refractivity contribution is -0.123. The number of hydrogen-bond donors (Lipinski definition) is 2. The first kappa shape index (κ1) is 13.0. The molecule has 4 nitrogen and oxygen atoms in total. The number of carbonyl (C=O) groups excluding carboxylic acids is 1. The second kappa shape index (κ2) is 5.46. The van der Waals surface area contributed by atoms with Crippen LogP contribution in [-0.4, -0.2) is 31.7 Å². The van der Waals surface area contributed by atoms with Crippen molar-refractivity contribution in [1.29, 1.82) is 0 Å². The predicted octanol–water partition coefficient (Wildman–Crippen LogP) is 0.772. The third kappa shape index (κ3) is 3.05. The molecule has 0 saturated heterocycles. The van der Waals surface area contributed by atoms with Crippen LogP contribution in [0.3, 0.4) is 0 Å². The molecule has 5 heteroatoms. The monoisotopic (exact) mass is 252 g/mol. The summed E-state index contributed by atoms with van der Waals surface area (Å²) in [5.74, 6) is -0.277. The number of halogens is 1. The molecule has 0 radical (unpaired) electrons. The average molecular weight is 252 g/mol. The molecule has 18 heavy (non-hydrogen) atoms. The molecule has 0 aromatic heterocycles. The first-order valence-corrected chi connectivity index (χ1v) is 5.92. The Labute approximate surface area is 105 Å². The molecule has 1 saturated carbocycles. The van der Waals surface area contributed by atoms with Crippen LogP contribution in [0.2, 0.25) is 0 Å². The predicted molar refractivity (Wildman–Crippen MR) is 65.5 cm³/mol. The standard InChI is InChI=1S/C13H17FN2O2/c1-18-7-11(15)13(17)16-12-6-10(12)8-3-2-4-9(14)5-8/h2-5,10-12H,6-7,15H2,1H3,(H,16,17). The normalized spacial score (nSPS) is 23.5. The lowest BCUT2D eigenvalue weighted by Gasteiger charge is -2.11. The Bertz CT molecular complexity index is 439. The number of nitrogens with one attached hydrogen (secondary N) is 1. The van der Waals surface area contributed by atoms with Crippen molar-refractivity contribution in [3.05, 3.63) is 35.6 Å². The van der Waals surface area contributed by atoms with Crippen LogP contribution in [0.4, 0.5) is 4.39 Å². The highest BCUT2D eigenvalue weighted by atomic mass is 19.1. The van der Waals surface area contributed by atoms with Gasteiger partial charge in [-0.25, -0.2) is 4.39 Å². The van der Waals surface area contributed by atoms with E-state index < -0.39 is 6.04 Å². The SMILES string of the molecule is COCC(N)C(=O)NC1CC1c1cccc(F)c1. The van der Waals surface area contributed by atoms with Gasteiger partial charge in [-0.1, -0.05) is 12.1 Å². The zero-order chi connectivity index (χ0) is 13.1. The van der Waals surface area contributed by atoms with E-state index in [0.29, 0.717) is 0 Å². The second-order valence-corrected chi connectivity index (χ2v) is 4.57. The number of benzene rings is 1. The van der Waals surface area contributed by atoms with Gasteiger partial charge in [0.25, 0.3) is 0 Å². The fraction of sp³-hybridized carbons (Fsp3) is 0.462. The Morgan fingerprint density at radius 3 is 3.11 bits per heavy atom. The summed E-state index contributed by atoms with van der Waals surface area (Å²) in [5, 5.41) is 2.84. The molecule has 1 aromatic carbocycles. The number of hydrogen-bond acceptors (Lipinski definition) is 3. The molecule has 0 heterocycles. The van der Waals surface area contributed by atoms with E-state index in [2.05, 4.69) is 5.32 Å². The highest BCUT2D eigenvalue weighted by molar-refractivity contribution is 5.82. The van der Waals surface area contributed by atoms with Gasteiger partial charge in [-0.05, 0) is 24.1 Å². The molecule has 1 amide bonds. The van der Waals surface area contributed by atoms with Gasteiger partial charge in [0.2, 0.25) is 5.91 Å². The van der Waals surface area contributed by atoms with Crippen molar-refractivity contribution in [3.8, 4) is 0 Å². The van der Waals surface area contributed by atoms with Crippen molar-refractivity contribution in [2.24, 2.45) is 5.73 Å². The van der Waals surface area contributed by atoms with Crippen molar-refractivity contribution in [2.45, 2.75) is 24.4 Å². The molecule has 3 N–H and O–H groups in total. The van der Waals surface area contributed by atoms with Crippen LogP contribution in [0.1, 0.15) is 17.9 Å². The second-order valence-electron chi connectivity index (χ2n) is 4.57. The van der Waals surface area contributed by atoms with Crippen LogP contribution >= 0.6 is 0 Å². The van der Waals surface area contributed by atoms with Crippen molar-refractivity contribution >= 4 is 5.91 Å². The Morgan fingerprint density at radius 2 is 2.44 bits per heavy atom. The maximum Gasteiger partial charge on any atom is 0.239 e. The number of methoxy groups -OCH3 is 1. The van der Waals surface area contributed by atoms with Gasteiger partial charge in [-0.3, -0.25) is 4.79 Å². The molecule has 98 valence electrons. The first-order valence-electron chi connectivity index (χ1n) is 5.92. The average Bonchev–Trinajstić information content (AvgIpc) is 3.08. The van der Waals surface area contributed by atoms with Crippen LogP contribution in [0.5, 0.6) is 0 Å². The fourth-order valence-electron chi connectivity index (χ4n) is 2.01. The lowest BCUT2D eigenvalue weighted by Crippen LogP contribution is -2.44. The largest absolute Gasteiger partial charge is 0.383 e. The van der Waals surface area contributed by atoms with E-state index in [-0.39, 0.29) is 30.3 Å². The molecule has 3 atom stereocenters. The molecule has 1 aliphatic carbocycles. The number of carbonyl (C=O) groups is 1. The van der Waals surface area contributed by atoms with Gasteiger partial charge >= 0.3 is 0 Å². The highest BCUT2D eigenvalue weighted by Gasteiger charge is 2.40. The molecule has 1 aliphatic rings. The first-order chi connectivity index (χ1) is 8.61. The van der Waals surface area contributed by atoms with Crippen LogP contribution in [-0.2, 0) is 9.53 Å². The summed E-state index contributed by atoms with van der Waals surface area (Å²) in [6, 6.07) is 5.87. The van der Waals surface area contributed by atoms with Crippen LogP contribution in [0.25, 0.3) is 0 Å². The fourth-order valence-corrected chi connectivity index (χ4v) is 2.01. The van der Waals surface area contributed by atoms with Gasteiger partial charge in [-0.2, -0.15) is 0 Å². The molecule has 0 aliphatic heterocycles. The number of ether oxygens (including phenoxy) is 1. The summed E-state index contributed by atoms with van der Waals surface area (Å²) in [7, 11) is 1.50. The lowest BCUT2D eigenvalue weighted by atomic mass is 10.1. The van der Waals surface area contributed by atoms with Gasteiger partial charge in [-0.15, -0.1) is 0 Å². The van der Waals surface area contributed by atoms with Gasteiger partial charge in [0.15, 0.2) is 0 Å². The molecular weight excluding hydrogens is 235 g/mol. The minimum atomic E-state index is -0.649. The highest BCUT2D eigenvalue weighted by Crippen LogP contribution is 2.40.